The third-order valence-electron chi connectivity index (χ3n) is 5.41. The smallest absolute Gasteiger partial charge is 0.273 e. The van der Waals surface area contributed by atoms with Crippen molar-refractivity contribution in [2.75, 3.05) is 32.1 Å². The number of hydrogen-bond acceptors (Lipinski definition) is 5. The van der Waals surface area contributed by atoms with Gasteiger partial charge in [-0.05, 0) is 37.3 Å². The lowest BCUT2D eigenvalue weighted by Gasteiger charge is -2.41. The van der Waals surface area contributed by atoms with Crippen LogP contribution in [0.15, 0.2) is 18.2 Å². The molecule has 1 aliphatic carbocycles. The molecular weight excluding hydrogens is 322 g/mol. The standard InChI is InChI=1S/C18H25N3O4/c1-25-17-10-15(21(23)24)6-7-16(17)19-18(22)12-20-9-8-13-4-2-3-5-14(13)11-20/h6-7,10,13-14H,2-5,8-9,11-12H2,1H3,(H,19,22)/t13-,14-/m1/s1. The Hall–Kier alpha value is -2.15. The number of ether oxygens (including phenoxy) is 1. The van der Waals surface area contributed by atoms with Gasteiger partial charge < -0.3 is 10.1 Å². The van der Waals surface area contributed by atoms with Crippen LogP contribution in [0.4, 0.5) is 11.4 Å². The molecule has 2 atom stereocenters. The third-order valence-corrected chi connectivity index (χ3v) is 5.41. The second kappa shape index (κ2) is 7.82. The number of nitrogens with one attached hydrogen (secondary N) is 1. The van der Waals surface area contributed by atoms with Crippen LogP contribution < -0.4 is 10.1 Å². The van der Waals surface area contributed by atoms with Crippen LogP contribution in [0.3, 0.4) is 0 Å². The average Bonchev–Trinajstić information content (AvgIpc) is 2.61. The fourth-order valence-corrected chi connectivity index (χ4v) is 4.11. The Kier molecular flexibility index (Phi) is 5.53. The zero-order valence-electron chi connectivity index (χ0n) is 14.6. The normalized spacial score (nSPS) is 23.6. The molecule has 0 bridgehead atoms. The van der Waals surface area contributed by atoms with Crippen LogP contribution in [-0.2, 0) is 4.79 Å². The Bertz CT molecular complexity index is 649. The number of carbonyl (C=O) groups is 1. The molecule has 1 saturated heterocycles. The van der Waals surface area contributed by atoms with Gasteiger partial charge in [0.05, 0.1) is 30.3 Å². The minimum atomic E-state index is -0.484. The van der Waals surface area contributed by atoms with Crippen molar-refractivity contribution in [3.05, 3.63) is 28.3 Å². The summed E-state index contributed by atoms with van der Waals surface area (Å²) in [5.41, 5.74) is 0.403. The van der Waals surface area contributed by atoms with E-state index in [9.17, 15) is 14.9 Å². The van der Waals surface area contributed by atoms with Crippen molar-refractivity contribution < 1.29 is 14.5 Å². The predicted molar refractivity (Wildman–Crippen MR) is 94.8 cm³/mol. The van der Waals surface area contributed by atoms with Crippen molar-refractivity contribution in [3.8, 4) is 5.75 Å². The molecule has 136 valence electrons. The highest BCUT2D eigenvalue weighted by Crippen LogP contribution is 2.36. The van der Waals surface area contributed by atoms with Gasteiger partial charge in [-0.1, -0.05) is 19.3 Å². The van der Waals surface area contributed by atoms with E-state index < -0.39 is 4.92 Å². The van der Waals surface area contributed by atoms with E-state index in [-0.39, 0.29) is 11.6 Å². The van der Waals surface area contributed by atoms with E-state index in [0.29, 0.717) is 18.0 Å². The molecule has 1 aromatic rings. The summed E-state index contributed by atoms with van der Waals surface area (Å²) in [6.07, 6.45) is 6.45. The van der Waals surface area contributed by atoms with Gasteiger partial charge in [-0.2, -0.15) is 0 Å². The first-order chi connectivity index (χ1) is 12.1. The monoisotopic (exact) mass is 347 g/mol. The van der Waals surface area contributed by atoms with E-state index in [1.807, 2.05) is 0 Å². The van der Waals surface area contributed by atoms with Gasteiger partial charge in [0.15, 0.2) is 0 Å². The number of benzene rings is 1. The Morgan fingerprint density at radius 1 is 1.32 bits per heavy atom. The van der Waals surface area contributed by atoms with Crippen molar-refractivity contribution in [1.82, 2.24) is 4.90 Å². The van der Waals surface area contributed by atoms with Gasteiger partial charge in [0, 0.05) is 12.6 Å². The Balaban J connectivity index is 1.58. The maximum absolute atomic E-state index is 12.4. The lowest BCUT2D eigenvalue weighted by molar-refractivity contribution is -0.384. The van der Waals surface area contributed by atoms with Crippen LogP contribution in [-0.4, -0.2) is 42.5 Å². The second-order valence-electron chi connectivity index (χ2n) is 7.02. The van der Waals surface area contributed by atoms with Crippen molar-refractivity contribution in [2.45, 2.75) is 32.1 Å². The number of fused-ring (bicyclic) bond motifs is 1. The Morgan fingerprint density at radius 3 is 2.80 bits per heavy atom. The maximum Gasteiger partial charge on any atom is 0.273 e. The number of hydrogen-bond donors (Lipinski definition) is 1. The molecule has 7 nitrogen and oxygen atoms in total. The van der Waals surface area contributed by atoms with Gasteiger partial charge in [-0.25, -0.2) is 0 Å². The van der Waals surface area contributed by atoms with Crippen molar-refractivity contribution >= 4 is 17.3 Å². The number of nitro groups is 1. The highest BCUT2D eigenvalue weighted by atomic mass is 16.6. The number of non-ortho nitro benzene ring substituents is 1. The zero-order chi connectivity index (χ0) is 17.8. The van der Waals surface area contributed by atoms with Crippen molar-refractivity contribution in [2.24, 2.45) is 11.8 Å². The molecule has 0 unspecified atom stereocenters. The van der Waals surface area contributed by atoms with Crippen LogP contribution in [0.25, 0.3) is 0 Å². The topological polar surface area (TPSA) is 84.7 Å². The number of anilines is 1. The SMILES string of the molecule is COc1cc([N+](=O)[O-])ccc1NC(=O)CN1CC[C@H]2CCCC[C@@H]2C1. The molecule has 1 saturated carbocycles. The lowest BCUT2D eigenvalue weighted by Crippen LogP contribution is -2.44. The number of rotatable bonds is 5. The summed E-state index contributed by atoms with van der Waals surface area (Å²) in [4.78, 5) is 25.0. The zero-order valence-corrected chi connectivity index (χ0v) is 14.6. The molecule has 1 heterocycles. The minimum absolute atomic E-state index is 0.0609. The van der Waals surface area contributed by atoms with Crippen LogP contribution in [0.1, 0.15) is 32.1 Å². The quantitative estimate of drug-likeness (QED) is 0.654. The summed E-state index contributed by atoms with van der Waals surface area (Å²) >= 11 is 0. The highest BCUT2D eigenvalue weighted by Gasteiger charge is 2.31. The number of likely N-dealkylation sites (tertiary alicyclic amines) is 1. The number of methoxy groups -OCH3 is 1. The average molecular weight is 347 g/mol. The van der Waals surface area contributed by atoms with Gasteiger partial charge in [0.2, 0.25) is 5.91 Å². The first-order valence-electron chi connectivity index (χ1n) is 8.91. The van der Waals surface area contributed by atoms with Crippen LogP contribution in [0.5, 0.6) is 5.75 Å². The molecule has 25 heavy (non-hydrogen) atoms. The van der Waals surface area contributed by atoms with Crippen LogP contribution in [0.2, 0.25) is 0 Å². The number of carbonyl (C=O) groups excluding carboxylic acids is 1. The van der Waals surface area contributed by atoms with Crippen molar-refractivity contribution in [1.29, 1.82) is 0 Å². The van der Waals surface area contributed by atoms with Gasteiger partial charge in [0.1, 0.15) is 5.75 Å². The van der Waals surface area contributed by atoms with Crippen LogP contribution in [0, 0.1) is 22.0 Å². The predicted octanol–water partition coefficient (Wildman–Crippen LogP) is 3.05. The summed E-state index contributed by atoms with van der Waals surface area (Å²) in [6.45, 7) is 2.31. The molecular formula is C18H25N3O4. The fourth-order valence-electron chi connectivity index (χ4n) is 4.11. The Labute approximate surface area is 147 Å². The van der Waals surface area contributed by atoms with E-state index in [1.165, 1.54) is 57.4 Å². The van der Waals surface area contributed by atoms with E-state index >= 15 is 0 Å². The van der Waals surface area contributed by atoms with E-state index in [2.05, 4.69) is 10.2 Å². The number of nitrogens with zero attached hydrogens (tertiary/aromatic N) is 2. The second-order valence-corrected chi connectivity index (χ2v) is 7.02. The van der Waals surface area contributed by atoms with Crippen LogP contribution >= 0.6 is 0 Å². The van der Waals surface area contributed by atoms with E-state index in [0.717, 1.165) is 24.9 Å². The molecule has 1 aromatic carbocycles. The number of piperidine rings is 1. The molecule has 3 rings (SSSR count). The largest absolute Gasteiger partial charge is 0.494 e. The van der Waals surface area contributed by atoms with Crippen molar-refractivity contribution in [3.63, 3.8) is 0 Å². The lowest BCUT2D eigenvalue weighted by atomic mass is 9.75. The van der Waals surface area contributed by atoms with Gasteiger partial charge in [-0.3, -0.25) is 19.8 Å². The molecule has 0 spiro atoms. The summed E-state index contributed by atoms with van der Waals surface area (Å²) in [7, 11) is 1.43. The Morgan fingerprint density at radius 2 is 2.08 bits per heavy atom. The maximum atomic E-state index is 12.4. The first kappa shape index (κ1) is 17.7. The number of amides is 1. The number of nitro benzene ring substituents is 1. The molecule has 0 radical (unpaired) electrons. The summed E-state index contributed by atoms with van der Waals surface area (Å²) < 4.78 is 5.16. The molecule has 1 N–H and O–H groups in total. The van der Waals surface area contributed by atoms with Gasteiger partial charge >= 0.3 is 0 Å². The molecule has 7 heteroatoms. The fraction of sp³-hybridized carbons (Fsp3) is 0.611. The highest BCUT2D eigenvalue weighted by molar-refractivity contribution is 5.93. The molecule has 2 aliphatic rings. The third kappa shape index (κ3) is 4.28. The minimum Gasteiger partial charge on any atom is -0.494 e. The summed E-state index contributed by atoms with van der Waals surface area (Å²) in [5, 5.41) is 13.7. The van der Waals surface area contributed by atoms with Gasteiger partial charge in [0.25, 0.3) is 5.69 Å². The molecule has 1 amide bonds. The summed E-state index contributed by atoms with van der Waals surface area (Å²) in [5.74, 6) is 1.75. The summed E-state index contributed by atoms with van der Waals surface area (Å²) in [6, 6.07) is 4.21. The molecule has 1 aliphatic heterocycles. The van der Waals surface area contributed by atoms with E-state index in [1.54, 1.807) is 0 Å². The molecule has 2 fully saturated rings. The van der Waals surface area contributed by atoms with E-state index in [4.69, 9.17) is 4.74 Å². The van der Waals surface area contributed by atoms with Gasteiger partial charge in [-0.15, -0.1) is 0 Å². The first-order valence-corrected chi connectivity index (χ1v) is 8.91. The molecule has 0 aromatic heterocycles.